The summed E-state index contributed by atoms with van der Waals surface area (Å²) in [5.74, 6) is 1.93. The molecule has 7 nitrogen and oxygen atoms in total. The fourth-order valence-electron chi connectivity index (χ4n) is 4.55. The Morgan fingerprint density at radius 3 is 2.29 bits per heavy atom. The van der Waals surface area contributed by atoms with Crippen LogP contribution in [0.5, 0.6) is 17.2 Å². The molecular formula is C31H25N3O4. The van der Waals surface area contributed by atoms with Gasteiger partial charge in [0.25, 0.3) is 0 Å². The van der Waals surface area contributed by atoms with Crippen LogP contribution in [0.1, 0.15) is 5.56 Å². The van der Waals surface area contributed by atoms with Crippen molar-refractivity contribution in [3.63, 3.8) is 0 Å². The molecule has 0 aliphatic carbocycles. The number of nitrogens with zero attached hydrogens (tertiary/aromatic N) is 3. The van der Waals surface area contributed by atoms with Crippen molar-refractivity contribution in [3.8, 4) is 34.2 Å². The molecule has 0 radical (unpaired) electrons. The van der Waals surface area contributed by atoms with E-state index >= 15 is 0 Å². The van der Waals surface area contributed by atoms with Gasteiger partial charge in [-0.1, -0.05) is 36.4 Å². The second kappa shape index (κ2) is 9.78. The Kier molecular flexibility index (Phi) is 6.01. The first-order chi connectivity index (χ1) is 18.7. The molecule has 0 saturated carbocycles. The molecule has 0 saturated heterocycles. The van der Waals surface area contributed by atoms with Crippen molar-refractivity contribution >= 4 is 33.8 Å². The number of hydrogen-bond acceptors (Lipinski definition) is 6. The quantitative estimate of drug-likeness (QED) is 0.215. The van der Waals surface area contributed by atoms with Crippen LogP contribution in [0.25, 0.3) is 38.9 Å². The lowest BCUT2D eigenvalue weighted by atomic mass is 10.1. The van der Waals surface area contributed by atoms with Gasteiger partial charge in [-0.3, -0.25) is 4.99 Å². The van der Waals surface area contributed by atoms with Crippen molar-refractivity contribution in [3.05, 3.63) is 96.7 Å². The molecule has 6 aromatic rings. The van der Waals surface area contributed by atoms with Crippen molar-refractivity contribution in [2.45, 2.75) is 0 Å². The normalized spacial score (nSPS) is 11.4. The third-order valence-electron chi connectivity index (χ3n) is 6.44. The first kappa shape index (κ1) is 23.4. The third kappa shape index (κ3) is 4.14. The van der Waals surface area contributed by atoms with E-state index in [1.54, 1.807) is 27.5 Å². The summed E-state index contributed by atoms with van der Waals surface area (Å²) in [6, 6.07) is 27.5. The van der Waals surface area contributed by atoms with E-state index in [1.165, 1.54) is 0 Å². The fraction of sp³-hybridized carbons (Fsp3) is 0.0968. The lowest BCUT2D eigenvalue weighted by molar-refractivity contribution is 0.355. The number of aromatic nitrogens is 2. The van der Waals surface area contributed by atoms with Gasteiger partial charge in [-0.25, -0.2) is 4.68 Å². The van der Waals surface area contributed by atoms with Crippen LogP contribution in [0.3, 0.4) is 0 Å². The van der Waals surface area contributed by atoms with Crippen molar-refractivity contribution in [2.24, 2.45) is 4.99 Å². The molecule has 2 heterocycles. The van der Waals surface area contributed by atoms with Crippen LogP contribution in [0.2, 0.25) is 0 Å². The number of methoxy groups -OCH3 is 3. The molecule has 0 spiro atoms. The monoisotopic (exact) mass is 503 g/mol. The molecule has 0 N–H and O–H groups in total. The topological polar surface area (TPSA) is 71.0 Å². The van der Waals surface area contributed by atoms with Gasteiger partial charge >= 0.3 is 0 Å². The number of para-hydroxylation sites is 2. The lowest BCUT2D eigenvalue weighted by Gasteiger charge is -2.09. The maximum atomic E-state index is 6.08. The van der Waals surface area contributed by atoms with Crippen LogP contribution in [0.15, 0.2) is 101 Å². The molecule has 0 amide bonds. The minimum absolute atomic E-state index is 0.624. The van der Waals surface area contributed by atoms with Crippen molar-refractivity contribution in [2.75, 3.05) is 21.3 Å². The van der Waals surface area contributed by atoms with E-state index in [4.69, 9.17) is 28.7 Å². The summed E-state index contributed by atoms with van der Waals surface area (Å²) >= 11 is 0. The molecule has 188 valence electrons. The lowest BCUT2D eigenvalue weighted by Crippen LogP contribution is -1.95. The highest BCUT2D eigenvalue weighted by Gasteiger charge is 2.16. The minimum Gasteiger partial charge on any atom is -0.494 e. The van der Waals surface area contributed by atoms with Gasteiger partial charge in [0.15, 0.2) is 11.5 Å². The van der Waals surface area contributed by atoms with Crippen LogP contribution in [0.4, 0.5) is 5.69 Å². The molecule has 0 aliphatic rings. The first-order valence-corrected chi connectivity index (χ1v) is 12.1. The number of ether oxygens (including phenoxy) is 3. The number of furan rings is 1. The number of fused-ring (bicyclic) bond motifs is 3. The predicted molar refractivity (Wildman–Crippen MR) is 150 cm³/mol. The molecular weight excluding hydrogens is 478 g/mol. The summed E-state index contributed by atoms with van der Waals surface area (Å²) in [5.41, 5.74) is 5.62. The second-order valence-electron chi connectivity index (χ2n) is 8.66. The van der Waals surface area contributed by atoms with E-state index < -0.39 is 0 Å². The molecule has 0 unspecified atom stereocenters. The second-order valence-corrected chi connectivity index (χ2v) is 8.66. The van der Waals surface area contributed by atoms with Crippen LogP contribution in [0, 0.1) is 0 Å². The number of hydrogen-bond donors (Lipinski definition) is 0. The Balaban J connectivity index is 1.47. The van der Waals surface area contributed by atoms with E-state index in [-0.39, 0.29) is 0 Å². The Morgan fingerprint density at radius 2 is 1.50 bits per heavy atom. The van der Waals surface area contributed by atoms with Gasteiger partial charge in [0, 0.05) is 40.4 Å². The Hall–Kier alpha value is -5.04. The van der Waals surface area contributed by atoms with E-state index in [0.717, 1.165) is 44.4 Å². The van der Waals surface area contributed by atoms with Gasteiger partial charge < -0.3 is 18.6 Å². The van der Waals surface area contributed by atoms with Crippen LogP contribution in [-0.2, 0) is 0 Å². The average Bonchev–Trinajstić information content (AvgIpc) is 3.56. The van der Waals surface area contributed by atoms with E-state index in [9.17, 15) is 0 Å². The zero-order valence-electron chi connectivity index (χ0n) is 21.2. The smallest absolute Gasteiger partial charge is 0.161 e. The summed E-state index contributed by atoms with van der Waals surface area (Å²) in [6.45, 7) is 0. The molecule has 0 aliphatic heterocycles. The number of aliphatic imine (C=N–C) groups is 1. The van der Waals surface area contributed by atoms with Crippen molar-refractivity contribution in [1.82, 2.24) is 9.78 Å². The summed E-state index contributed by atoms with van der Waals surface area (Å²) in [4.78, 5) is 4.82. The highest BCUT2D eigenvalue weighted by atomic mass is 16.5. The van der Waals surface area contributed by atoms with Gasteiger partial charge in [-0.05, 0) is 42.5 Å². The molecule has 0 bridgehead atoms. The highest BCUT2D eigenvalue weighted by Crippen LogP contribution is 2.38. The van der Waals surface area contributed by atoms with Gasteiger partial charge in [0.05, 0.1) is 27.0 Å². The van der Waals surface area contributed by atoms with Gasteiger partial charge in [0.1, 0.15) is 28.3 Å². The molecule has 2 aromatic heterocycles. The van der Waals surface area contributed by atoms with E-state index in [0.29, 0.717) is 22.9 Å². The first-order valence-electron chi connectivity index (χ1n) is 12.1. The predicted octanol–water partition coefficient (Wildman–Crippen LogP) is 7.22. The Morgan fingerprint density at radius 1 is 0.737 bits per heavy atom. The Bertz CT molecular complexity index is 1780. The SMILES string of the molecule is COc1cc2c(cc1N=Cc1cn(-c3ccccc3)nc1-c1ccc(OC)c(OC)c1)oc1ccccc12. The summed E-state index contributed by atoms with van der Waals surface area (Å²) in [5, 5.41) is 6.92. The number of rotatable bonds is 7. The fourth-order valence-corrected chi connectivity index (χ4v) is 4.55. The molecule has 4 aromatic carbocycles. The standard InChI is InChI=1S/C31H25N3O4/c1-35-27-14-13-20(15-30(27)37-3)31-21(19-34(33-31)22-9-5-4-6-10-22)18-32-25-17-28-24(16-29(25)36-2)23-11-7-8-12-26(23)38-28/h4-19H,1-3H3. The largest absolute Gasteiger partial charge is 0.494 e. The minimum atomic E-state index is 0.624. The molecule has 0 fully saturated rings. The molecule has 7 heteroatoms. The number of benzene rings is 4. The van der Waals surface area contributed by atoms with Crippen molar-refractivity contribution < 1.29 is 18.6 Å². The maximum Gasteiger partial charge on any atom is 0.161 e. The van der Waals surface area contributed by atoms with Crippen molar-refractivity contribution in [1.29, 1.82) is 0 Å². The third-order valence-corrected chi connectivity index (χ3v) is 6.44. The van der Waals surface area contributed by atoms with Gasteiger partial charge in [0.2, 0.25) is 0 Å². The van der Waals surface area contributed by atoms with Crippen LogP contribution >= 0.6 is 0 Å². The Labute approximate surface area is 219 Å². The van der Waals surface area contributed by atoms with Gasteiger partial charge in [-0.15, -0.1) is 0 Å². The van der Waals surface area contributed by atoms with Crippen LogP contribution in [-0.4, -0.2) is 37.3 Å². The summed E-state index contributed by atoms with van der Waals surface area (Å²) < 4.78 is 24.6. The van der Waals surface area contributed by atoms with E-state index in [1.807, 2.05) is 95.8 Å². The van der Waals surface area contributed by atoms with Gasteiger partial charge in [-0.2, -0.15) is 5.10 Å². The zero-order valence-corrected chi connectivity index (χ0v) is 21.2. The maximum absolute atomic E-state index is 6.08. The van der Waals surface area contributed by atoms with E-state index in [2.05, 4.69) is 0 Å². The zero-order chi connectivity index (χ0) is 26.1. The summed E-state index contributed by atoms with van der Waals surface area (Å²) in [7, 11) is 4.88. The van der Waals surface area contributed by atoms with Crippen LogP contribution < -0.4 is 14.2 Å². The molecule has 38 heavy (non-hydrogen) atoms. The summed E-state index contributed by atoms with van der Waals surface area (Å²) in [6.07, 6.45) is 3.75. The molecule has 6 rings (SSSR count). The highest BCUT2D eigenvalue weighted by molar-refractivity contribution is 6.06. The molecule has 0 atom stereocenters. The average molecular weight is 504 g/mol.